The molecule has 0 aliphatic rings. The second-order valence-electron chi connectivity index (χ2n) is 3.48. The van der Waals surface area contributed by atoms with Crippen molar-refractivity contribution in [1.82, 2.24) is 15.2 Å². The van der Waals surface area contributed by atoms with Gasteiger partial charge in [-0.15, -0.1) is 0 Å². The van der Waals surface area contributed by atoms with E-state index in [9.17, 15) is 0 Å². The number of halogens is 2. The molecule has 0 unspecified atom stereocenters. The molecule has 0 atom stereocenters. The highest BCUT2D eigenvalue weighted by molar-refractivity contribution is 6.42. The number of aryl methyl sites for hydroxylation is 1. The lowest BCUT2D eigenvalue weighted by molar-refractivity contribution is 0.942. The summed E-state index contributed by atoms with van der Waals surface area (Å²) in [6, 6.07) is 5.57. The van der Waals surface area contributed by atoms with Crippen molar-refractivity contribution in [3.05, 3.63) is 45.5 Å². The first-order valence-corrected chi connectivity index (χ1v) is 5.78. The monoisotopic (exact) mass is 255 g/mol. The maximum absolute atomic E-state index is 5.93. The van der Waals surface area contributed by atoms with E-state index in [0.29, 0.717) is 16.5 Å². The van der Waals surface area contributed by atoms with E-state index in [1.807, 2.05) is 19.1 Å². The summed E-state index contributed by atoms with van der Waals surface area (Å²) in [6.45, 7) is 2.02. The van der Waals surface area contributed by atoms with Crippen LogP contribution in [0.5, 0.6) is 0 Å². The lowest BCUT2D eigenvalue weighted by Gasteiger charge is -2.00. The fourth-order valence-corrected chi connectivity index (χ4v) is 1.74. The van der Waals surface area contributed by atoms with Crippen LogP contribution in [0.1, 0.15) is 24.1 Å². The van der Waals surface area contributed by atoms with Gasteiger partial charge < -0.3 is 0 Å². The summed E-state index contributed by atoms with van der Waals surface area (Å²) < 4.78 is 0. The van der Waals surface area contributed by atoms with Gasteiger partial charge in [0, 0.05) is 12.8 Å². The Bertz CT molecular complexity index is 494. The average molecular weight is 256 g/mol. The molecule has 0 spiro atoms. The van der Waals surface area contributed by atoms with E-state index >= 15 is 0 Å². The van der Waals surface area contributed by atoms with Gasteiger partial charge in [-0.05, 0) is 17.7 Å². The van der Waals surface area contributed by atoms with E-state index in [1.165, 1.54) is 0 Å². The van der Waals surface area contributed by atoms with E-state index in [1.54, 1.807) is 6.07 Å². The first-order valence-electron chi connectivity index (χ1n) is 5.03. The minimum atomic E-state index is 0.564. The van der Waals surface area contributed by atoms with Gasteiger partial charge in [-0.1, -0.05) is 36.2 Å². The summed E-state index contributed by atoms with van der Waals surface area (Å²) in [6.07, 6.45) is 1.52. The number of nitrogens with one attached hydrogen (secondary N) is 1. The van der Waals surface area contributed by atoms with Crippen molar-refractivity contribution in [2.24, 2.45) is 0 Å². The molecule has 0 aliphatic heterocycles. The molecule has 0 amide bonds. The van der Waals surface area contributed by atoms with E-state index in [0.717, 1.165) is 23.6 Å². The zero-order valence-corrected chi connectivity index (χ0v) is 10.3. The van der Waals surface area contributed by atoms with Crippen molar-refractivity contribution in [3.63, 3.8) is 0 Å². The van der Waals surface area contributed by atoms with E-state index in [2.05, 4.69) is 15.2 Å². The fourth-order valence-electron chi connectivity index (χ4n) is 1.41. The zero-order valence-electron chi connectivity index (χ0n) is 8.80. The van der Waals surface area contributed by atoms with Gasteiger partial charge in [0.25, 0.3) is 0 Å². The summed E-state index contributed by atoms with van der Waals surface area (Å²) in [5.74, 6) is 1.67. The Morgan fingerprint density at radius 2 is 2.06 bits per heavy atom. The van der Waals surface area contributed by atoms with Crippen LogP contribution < -0.4 is 0 Å². The maximum Gasteiger partial charge on any atom is 0.150 e. The first-order chi connectivity index (χ1) is 7.69. The fraction of sp³-hybridized carbons (Fsp3) is 0.273. The molecule has 0 radical (unpaired) electrons. The van der Waals surface area contributed by atoms with Gasteiger partial charge >= 0.3 is 0 Å². The van der Waals surface area contributed by atoms with Gasteiger partial charge in [-0.3, -0.25) is 5.10 Å². The third kappa shape index (κ3) is 2.54. The Morgan fingerprint density at radius 3 is 2.69 bits per heavy atom. The Morgan fingerprint density at radius 1 is 1.25 bits per heavy atom. The Kier molecular flexibility index (Phi) is 3.46. The molecule has 5 heteroatoms. The predicted octanol–water partition coefficient (Wildman–Crippen LogP) is 3.26. The lowest BCUT2D eigenvalue weighted by atomic mass is 10.1. The van der Waals surface area contributed by atoms with Crippen LogP contribution in [0.2, 0.25) is 10.0 Å². The summed E-state index contributed by atoms with van der Waals surface area (Å²) in [5, 5.41) is 8.11. The SMILES string of the molecule is CCc1n[nH]c(Cc2ccc(Cl)c(Cl)c2)n1. The number of hydrogen-bond donors (Lipinski definition) is 1. The van der Waals surface area contributed by atoms with E-state index < -0.39 is 0 Å². The highest BCUT2D eigenvalue weighted by atomic mass is 35.5. The van der Waals surface area contributed by atoms with Crippen LogP contribution in [0.25, 0.3) is 0 Å². The molecule has 3 nitrogen and oxygen atoms in total. The number of hydrogen-bond acceptors (Lipinski definition) is 2. The molecule has 1 aromatic carbocycles. The molecule has 2 rings (SSSR count). The summed E-state index contributed by atoms with van der Waals surface area (Å²) in [7, 11) is 0. The minimum absolute atomic E-state index is 0.564. The second-order valence-corrected chi connectivity index (χ2v) is 4.29. The molecule has 16 heavy (non-hydrogen) atoms. The molecule has 1 N–H and O–H groups in total. The number of benzene rings is 1. The molecule has 1 aromatic heterocycles. The standard InChI is InChI=1S/C11H11Cl2N3/c1-2-10-14-11(16-15-10)6-7-3-4-8(12)9(13)5-7/h3-5H,2,6H2,1H3,(H,14,15,16). The molecule has 1 heterocycles. The topological polar surface area (TPSA) is 41.6 Å². The highest BCUT2D eigenvalue weighted by Crippen LogP contribution is 2.23. The normalized spacial score (nSPS) is 10.7. The molecule has 84 valence electrons. The first kappa shape index (κ1) is 11.4. The Labute approximate surface area is 104 Å². The van der Waals surface area contributed by atoms with Crippen LogP contribution in [0, 0.1) is 0 Å². The molecule has 0 aliphatic carbocycles. The molecule has 0 saturated carbocycles. The molecule has 2 aromatic rings. The molecule has 0 bridgehead atoms. The summed E-state index contributed by atoms with van der Waals surface area (Å²) >= 11 is 11.8. The van der Waals surface area contributed by atoms with Crippen LogP contribution in [-0.2, 0) is 12.8 Å². The smallest absolute Gasteiger partial charge is 0.150 e. The van der Waals surface area contributed by atoms with Gasteiger partial charge in [0.1, 0.15) is 11.6 Å². The minimum Gasteiger partial charge on any atom is -0.263 e. The van der Waals surface area contributed by atoms with Gasteiger partial charge in [-0.2, -0.15) is 5.10 Å². The number of nitrogens with zero attached hydrogens (tertiary/aromatic N) is 2. The predicted molar refractivity (Wildman–Crippen MR) is 65.0 cm³/mol. The Balaban J connectivity index is 2.17. The van der Waals surface area contributed by atoms with Crippen molar-refractivity contribution in [3.8, 4) is 0 Å². The van der Waals surface area contributed by atoms with Crippen LogP contribution >= 0.6 is 23.2 Å². The maximum atomic E-state index is 5.93. The van der Waals surface area contributed by atoms with Crippen molar-refractivity contribution < 1.29 is 0 Å². The van der Waals surface area contributed by atoms with Gasteiger partial charge in [-0.25, -0.2) is 4.98 Å². The quantitative estimate of drug-likeness (QED) is 0.915. The zero-order chi connectivity index (χ0) is 11.5. The van der Waals surface area contributed by atoms with Gasteiger partial charge in [0.15, 0.2) is 0 Å². The molecular formula is C11H11Cl2N3. The van der Waals surface area contributed by atoms with Crippen LogP contribution in [0.15, 0.2) is 18.2 Å². The van der Waals surface area contributed by atoms with Crippen LogP contribution in [0.3, 0.4) is 0 Å². The lowest BCUT2D eigenvalue weighted by Crippen LogP contribution is -1.91. The van der Waals surface area contributed by atoms with Crippen LogP contribution in [-0.4, -0.2) is 15.2 Å². The number of H-pyrrole nitrogens is 1. The summed E-state index contributed by atoms with van der Waals surface area (Å²) in [4.78, 5) is 4.33. The van der Waals surface area contributed by atoms with Crippen molar-refractivity contribution in [1.29, 1.82) is 0 Å². The van der Waals surface area contributed by atoms with E-state index in [-0.39, 0.29) is 0 Å². The third-order valence-electron chi connectivity index (χ3n) is 2.25. The number of rotatable bonds is 3. The average Bonchev–Trinajstić information content (AvgIpc) is 2.71. The van der Waals surface area contributed by atoms with Crippen molar-refractivity contribution >= 4 is 23.2 Å². The van der Waals surface area contributed by atoms with Crippen molar-refractivity contribution in [2.45, 2.75) is 19.8 Å². The number of aromatic amines is 1. The largest absolute Gasteiger partial charge is 0.263 e. The Hall–Kier alpha value is -1.06. The summed E-state index contributed by atoms with van der Waals surface area (Å²) in [5.41, 5.74) is 1.06. The third-order valence-corrected chi connectivity index (χ3v) is 2.99. The van der Waals surface area contributed by atoms with Gasteiger partial charge in [0.05, 0.1) is 10.0 Å². The molecule has 0 fully saturated rings. The molecular weight excluding hydrogens is 245 g/mol. The van der Waals surface area contributed by atoms with Crippen molar-refractivity contribution in [2.75, 3.05) is 0 Å². The van der Waals surface area contributed by atoms with E-state index in [4.69, 9.17) is 23.2 Å². The van der Waals surface area contributed by atoms with Crippen LogP contribution in [0.4, 0.5) is 0 Å². The molecule has 0 saturated heterocycles. The second kappa shape index (κ2) is 4.85. The highest BCUT2D eigenvalue weighted by Gasteiger charge is 2.04. The number of aromatic nitrogens is 3. The van der Waals surface area contributed by atoms with Gasteiger partial charge in [0.2, 0.25) is 0 Å².